The fourth-order valence-corrected chi connectivity index (χ4v) is 1.77. The van der Waals surface area contributed by atoms with Crippen molar-refractivity contribution in [2.75, 3.05) is 0 Å². The van der Waals surface area contributed by atoms with E-state index >= 15 is 0 Å². The van der Waals surface area contributed by atoms with Crippen LogP contribution in [0.2, 0.25) is 0 Å². The lowest BCUT2D eigenvalue weighted by Gasteiger charge is -2.42. The number of hydrogen-bond acceptors (Lipinski definition) is 7. The van der Waals surface area contributed by atoms with E-state index in [-0.39, 0.29) is 0 Å². The Morgan fingerprint density at radius 2 is 1.70 bits per heavy atom. The Kier molecular flexibility index (Phi) is 4.11. The van der Waals surface area contributed by atoms with Gasteiger partial charge in [0.15, 0.2) is 0 Å². The molecule has 0 aromatic rings. The van der Waals surface area contributed by atoms with Crippen molar-refractivity contribution in [3.05, 3.63) is 0 Å². The van der Waals surface area contributed by atoms with E-state index in [2.05, 4.69) is 0 Å². The van der Waals surface area contributed by atoms with Crippen LogP contribution in [-0.4, -0.2) is 46.5 Å². The summed E-state index contributed by atoms with van der Waals surface area (Å²) in [6.45, 7) is 4.25. The maximum Gasteiger partial charge on any atom is 0.334 e. The van der Waals surface area contributed by atoms with E-state index in [4.69, 9.17) is 9.47 Å². The molecule has 0 saturated carbocycles. The van der Waals surface area contributed by atoms with Gasteiger partial charge >= 0.3 is 18.0 Å². The lowest BCUT2D eigenvalue weighted by atomic mass is 9.99. The van der Waals surface area contributed by atoms with Crippen molar-refractivity contribution in [1.82, 2.24) is 10.2 Å². The minimum Gasteiger partial charge on any atom is -0.443 e. The highest BCUT2D eigenvalue weighted by Crippen LogP contribution is 2.27. The van der Waals surface area contributed by atoms with Crippen LogP contribution in [0.25, 0.3) is 0 Å². The molecular formula is C11H14N2O7. The number of carbonyl (C=O) groups is 5. The molecule has 0 bridgehead atoms. The quantitative estimate of drug-likeness (QED) is 0.666. The Morgan fingerprint density at radius 3 is 2.10 bits per heavy atom. The molecular weight excluding hydrogens is 272 g/mol. The fourth-order valence-electron chi connectivity index (χ4n) is 1.77. The minimum absolute atomic E-state index is 0.506. The van der Waals surface area contributed by atoms with E-state index in [1.54, 1.807) is 0 Å². The van der Waals surface area contributed by atoms with Gasteiger partial charge in [-0.15, -0.1) is 0 Å². The molecule has 9 heteroatoms. The first-order chi connectivity index (χ1) is 9.09. The van der Waals surface area contributed by atoms with E-state index in [0.29, 0.717) is 4.90 Å². The molecule has 1 aliphatic heterocycles. The van der Waals surface area contributed by atoms with Gasteiger partial charge in [-0.25, -0.2) is 9.69 Å². The molecule has 1 unspecified atom stereocenters. The Balaban J connectivity index is 3.31. The zero-order chi connectivity index (χ0) is 15.7. The van der Waals surface area contributed by atoms with Crippen LogP contribution < -0.4 is 5.32 Å². The molecule has 9 nitrogen and oxygen atoms in total. The largest absolute Gasteiger partial charge is 0.443 e. The maximum atomic E-state index is 11.9. The molecule has 1 rings (SSSR count). The second-order valence-corrected chi connectivity index (χ2v) is 4.31. The van der Waals surface area contributed by atoms with Crippen LogP contribution in [0.5, 0.6) is 0 Å². The van der Waals surface area contributed by atoms with Crippen LogP contribution in [-0.2, 0) is 28.7 Å². The zero-order valence-electron chi connectivity index (χ0n) is 11.4. The number of hydrogen-bond donors (Lipinski definition) is 1. The number of esters is 2. The Morgan fingerprint density at radius 1 is 1.15 bits per heavy atom. The van der Waals surface area contributed by atoms with Gasteiger partial charge < -0.3 is 9.47 Å². The normalized spacial score (nSPS) is 25.8. The number of ether oxygens (including phenoxy) is 2. The molecule has 1 N–H and O–H groups in total. The van der Waals surface area contributed by atoms with Crippen LogP contribution in [0.3, 0.4) is 0 Å². The van der Waals surface area contributed by atoms with E-state index in [9.17, 15) is 24.0 Å². The lowest BCUT2D eigenvalue weighted by Crippen LogP contribution is -2.71. The first-order valence-electron chi connectivity index (χ1n) is 5.61. The van der Waals surface area contributed by atoms with Crippen molar-refractivity contribution < 1.29 is 33.4 Å². The third-order valence-electron chi connectivity index (χ3n) is 2.57. The number of nitrogens with zero attached hydrogens (tertiary/aromatic N) is 1. The van der Waals surface area contributed by atoms with Gasteiger partial charge in [0, 0.05) is 20.8 Å². The standard InChI is InChI=1S/C11H14N2O7/c1-5(14)13-9(19-6(2)15)11(4,20-7(3)16)8(17)12-10(13)18/h9H,1-4H3,(H,12,17,18)/t9-,11?/m1/s1. The number of carbonyl (C=O) groups excluding carboxylic acids is 5. The predicted molar refractivity (Wildman–Crippen MR) is 61.8 cm³/mol. The van der Waals surface area contributed by atoms with E-state index < -0.39 is 41.6 Å². The Labute approximate surface area is 114 Å². The summed E-state index contributed by atoms with van der Waals surface area (Å²) in [4.78, 5) is 57.8. The average molecular weight is 286 g/mol. The predicted octanol–water partition coefficient (Wildman–Crippen LogP) is -0.704. The minimum atomic E-state index is -2.02. The van der Waals surface area contributed by atoms with Crippen LogP contribution in [0.4, 0.5) is 4.79 Å². The summed E-state index contributed by atoms with van der Waals surface area (Å²) in [6.07, 6.45) is -1.66. The van der Waals surface area contributed by atoms with Crippen LogP contribution in [0.15, 0.2) is 0 Å². The van der Waals surface area contributed by atoms with E-state index in [1.165, 1.54) is 0 Å². The lowest BCUT2D eigenvalue weighted by molar-refractivity contribution is -0.206. The van der Waals surface area contributed by atoms with Gasteiger partial charge in [0.2, 0.25) is 17.7 Å². The molecule has 20 heavy (non-hydrogen) atoms. The molecule has 110 valence electrons. The van der Waals surface area contributed by atoms with Crippen molar-refractivity contribution in [3.8, 4) is 0 Å². The van der Waals surface area contributed by atoms with Gasteiger partial charge in [-0.1, -0.05) is 0 Å². The summed E-state index contributed by atoms with van der Waals surface area (Å²) in [7, 11) is 0. The van der Waals surface area contributed by atoms with Gasteiger partial charge in [0.25, 0.3) is 5.91 Å². The zero-order valence-corrected chi connectivity index (χ0v) is 11.4. The highest BCUT2D eigenvalue weighted by molar-refractivity contribution is 6.08. The summed E-state index contributed by atoms with van der Waals surface area (Å²) in [6, 6.07) is -1.06. The molecule has 1 aliphatic rings. The molecule has 1 fully saturated rings. The van der Waals surface area contributed by atoms with Crippen molar-refractivity contribution in [1.29, 1.82) is 0 Å². The Hall–Kier alpha value is -2.45. The SMILES string of the molecule is CC(=O)O[C@H]1N(C(C)=O)C(=O)NC(=O)C1(C)OC(C)=O. The first-order valence-corrected chi connectivity index (χ1v) is 5.61. The molecule has 1 heterocycles. The Bertz CT molecular complexity index is 501. The van der Waals surface area contributed by atoms with Gasteiger partial charge in [-0.05, 0) is 6.92 Å². The van der Waals surface area contributed by atoms with Crippen molar-refractivity contribution >= 4 is 29.8 Å². The second-order valence-electron chi connectivity index (χ2n) is 4.31. The van der Waals surface area contributed by atoms with Crippen molar-refractivity contribution in [2.45, 2.75) is 39.5 Å². The number of urea groups is 1. The van der Waals surface area contributed by atoms with E-state index in [0.717, 1.165) is 27.7 Å². The molecule has 0 aliphatic carbocycles. The molecule has 0 radical (unpaired) electrons. The second kappa shape index (κ2) is 5.27. The maximum absolute atomic E-state index is 11.9. The molecule has 0 spiro atoms. The summed E-state index contributed by atoms with van der Waals surface area (Å²) in [5.74, 6) is -3.44. The van der Waals surface area contributed by atoms with Crippen LogP contribution in [0, 0.1) is 0 Å². The smallest absolute Gasteiger partial charge is 0.334 e. The monoisotopic (exact) mass is 286 g/mol. The van der Waals surface area contributed by atoms with Crippen LogP contribution in [0.1, 0.15) is 27.7 Å². The number of amides is 4. The topological polar surface area (TPSA) is 119 Å². The van der Waals surface area contributed by atoms with Gasteiger partial charge in [0.05, 0.1) is 0 Å². The summed E-state index contributed by atoms with van der Waals surface area (Å²) < 4.78 is 9.69. The molecule has 2 atom stereocenters. The first kappa shape index (κ1) is 15.6. The molecule has 4 amide bonds. The summed E-state index contributed by atoms with van der Waals surface area (Å²) in [5, 5.41) is 1.87. The number of nitrogens with one attached hydrogen (secondary N) is 1. The third kappa shape index (κ3) is 2.76. The molecule has 0 aromatic heterocycles. The highest BCUT2D eigenvalue weighted by Gasteiger charge is 2.57. The third-order valence-corrected chi connectivity index (χ3v) is 2.57. The summed E-state index contributed by atoms with van der Waals surface area (Å²) in [5.41, 5.74) is -2.02. The van der Waals surface area contributed by atoms with Gasteiger partial charge in [-0.3, -0.25) is 24.5 Å². The molecule has 0 aromatic carbocycles. The van der Waals surface area contributed by atoms with Crippen molar-refractivity contribution in [2.24, 2.45) is 0 Å². The molecule has 1 saturated heterocycles. The fraction of sp³-hybridized carbons (Fsp3) is 0.545. The van der Waals surface area contributed by atoms with Crippen LogP contribution >= 0.6 is 0 Å². The van der Waals surface area contributed by atoms with Gasteiger partial charge in [0.1, 0.15) is 0 Å². The highest BCUT2D eigenvalue weighted by atomic mass is 16.6. The number of rotatable bonds is 2. The number of imide groups is 2. The van der Waals surface area contributed by atoms with E-state index in [1.807, 2.05) is 5.32 Å². The summed E-state index contributed by atoms with van der Waals surface area (Å²) >= 11 is 0. The van der Waals surface area contributed by atoms with Crippen molar-refractivity contribution in [3.63, 3.8) is 0 Å². The average Bonchev–Trinajstić information content (AvgIpc) is 2.23. The van der Waals surface area contributed by atoms with Gasteiger partial charge in [-0.2, -0.15) is 0 Å².